The lowest BCUT2D eigenvalue weighted by molar-refractivity contribution is -0.116. The Kier molecular flexibility index (Phi) is 5.69. The Morgan fingerprint density at radius 1 is 1.47 bits per heavy atom. The van der Waals surface area contributed by atoms with Gasteiger partial charge in [-0.25, -0.2) is 8.78 Å². The van der Waals surface area contributed by atoms with Crippen LogP contribution in [0.25, 0.3) is 0 Å². The van der Waals surface area contributed by atoms with Gasteiger partial charge in [0.05, 0.1) is 0 Å². The number of carbonyl (C=O) groups excluding carboxylic acids is 1. The third kappa shape index (κ3) is 5.65. The SMILES string of the molecule is Cc1ccc(NC(=O)CC(C)N)cc1OCC(F)F. The standard InChI is InChI=1S/C13H18F2N2O2/c1-8-3-4-10(17-13(18)5-9(2)16)6-11(8)19-7-12(14)15/h3-4,6,9,12H,5,7,16H2,1-2H3,(H,17,18). The summed E-state index contributed by atoms with van der Waals surface area (Å²) in [4.78, 5) is 11.5. The summed E-state index contributed by atoms with van der Waals surface area (Å²) in [6.45, 7) is 2.80. The molecule has 0 fully saturated rings. The molecule has 6 heteroatoms. The van der Waals surface area contributed by atoms with Crippen molar-refractivity contribution in [2.24, 2.45) is 5.73 Å². The Morgan fingerprint density at radius 2 is 2.16 bits per heavy atom. The first-order valence-corrected chi connectivity index (χ1v) is 5.95. The molecule has 19 heavy (non-hydrogen) atoms. The van der Waals surface area contributed by atoms with Crippen LogP contribution in [-0.2, 0) is 4.79 Å². The summed E-state index contributed by atoms with van der Waals surface area (Å²) in [6.07, 6.45) is -2.34. The smallest absolute Gasteiger partial charge is 0.272 e. The molecule has 0 saturated carbocycles. The predicted octanol–water partition coefficient (Wildman–Crippen LogP) is 2.31. The van der Waals surface area contributed by atoms with E-state index in [0.717, 1.165) is 5.56 Å². The molecular weight excluding hydrogens is 254 g/mol. The summed E-state index contributed by atoms with van der Waals surface area (Å²) < 4.78 is 29.2. The van der Waals surface area contributed by atoms with Crippen LogP contribution in [0, 0.1) is 6.92 Å². The molecule has 3 N–H and O–H groups in total. The first kappa shape index (κ1) is 15.4. The second-order valence-electron chi connectivity index (χ2n) is 4.41. The van der Waals surface area contributed by atoms with E-state index in [1.54, 1.807) is 26.0 Å². The molecule has 0 bridgehead atoms. The van der Waals surface area contributed by atoms with Gasteiger partial charge < -0.3 is 15.8 Å². The van der Waals surface area contributed by atoms with Crippen LogP contribution in [-0.4, -0.2) is 25.0 Å². The molecule has 106 valence electrons. The van der Waals surface area contributed by atoms with Crippen LogP contribution < -0.4 is 15.8 Å². The quantitative estimate of drug-likeness (QED) is 0.835. The topological polar surface area (TPSA) is 64.4 Å². The Hall–Kier alpha value is -1.69. The number of benzene rings is 1. The molecule has 4 nitrogen and oxygen atoms in total. The molecule has 1 amide bonds. The molecule has 0 aromatic heterocycles. The van der Waals surface area contributed by atoms with E-state index in [0.29, 0.717) is 11.4 Å². The largest absolute Gasteiger partial charge is 0.487 e. The number of hydrogen-bond acceptors (Lipinski definition) is 3. The normalized spacial score (nSPS) is 12.3. The number of nitrogens with two attached hydrogens (primary N) is 1. The third-order valence-electron chi connectivity index (χ3n) is 2.34. The fraction of sp³-hybridized carbons (Fsp3) is 0.462. The van der Waals surface area contributed by atoms with Gasteiger partial charge in [-0.2, -0.15) is 0 Å². The van der Waals surface area contributed by atoms with Crippen LogP contribution in [0.5, 0.6) is 5.75 Å². The summed E-state index contributed by atoms with van der Waals surface area (Å²) in [5.74, 6) is 0.109. The van der Waals surface area contributed by atoms with Crippen LogP contribution >= 0.6 is 0 Å². The average molecular weight is 272 g/mol. The second-order valence-corrected chi connectivity index (χ2v) is 4.41. The molecular formula is C13H18F2N2O2. The lowest BCUT2D eigenvalue weighted by atomic mass is 10.2. The van der Waals surface area contributed by atoms with E-state index < -0.39 is 13.0 Å². The minimum Gasteiger partial charge on any atom is -0.487 e. The van der Waals surface area contributed by atoms with Gasteiger partial charge >= 0.3 is 0 Å². The van der Waals surface area contributed by atoms with Crippen molar-refractivity contribution in [1.29, 1.82) is 0 Å². The molecule has 0 heterocycles. The van der Waals surface area contributed by atoms with Crippen molar-refractivity contribution in [1.82, 2.24) is 0 Å². The number of carbonyl (C=O) groups is 1. The van der Waals surface area contributed by atoms with Crippen molar-refractivity contribution in [3.8, 4) is 5.75 Å². The highest BCUT2D eigenvalue weighted by molar-refractivity contribution is 5.91. The van der Waals surface area contributed by atoms with E-state index in [1.807, 2.05) is 0 Å². The minimum atomic E-state index is -2.53. The van der Waals surface area contributed by atoms with Crippen LogP contribution in [0.4, 0.5) is 14.5 Å². The van der Waals surface area contributed by atoms with Crippen molar-refractivity contribution >= 4 is 11.6 Å². The van der Waals surface area contributed by atoms with Crippen molar-refractivity contribution in [3.05, 3.63) is 23.8 Å². The lowest BCUT2D eigenvalue weighted by Gasteiger charge is -2.12. The summed E-state index contributed by atoms with van der Waals surface area (Å²) in [7, 11) is 0. The predicted molar refractivity (Wildman–Crippen MR) is 69.6 cm³/mol. The van der Waals surface area contributed by atoms with Crippen LogP contribution in [0.15, 0.2) is 18.2 Å². The van der Waals surface area contributed by atoms with Crippen molar-refractivity contribution in [3.63, 3.8) is 0 Å². The van der Waals surface area contributed by atoms with Crippen molar-refractivity contribution in [2.75, 3.05) is 11.9 Å². The lowest BCUT2D eigenvalue weighted by Crippen LogP contribution is -2.24. The minimum absolute atomic E-state index is 0.196. The molecule has 1 atom stereocenters. The van der Waals surface area contributed by atoms with Crippen molar-refractivity contribution < 1.29 is 18.3 Å². The van der Waals surface area contributed by atoms with Gasteiger partial charge in [-0.1, -0.05) is 6.07 Å². The molecule has 1 rings (SSSR count). The molecule has 1 unspecified atom stereocenters. The first-order chi connectivity index (χ1) is 8.88. The summed E-state index contributed by atoms with van der Waals surface area (Å²) in [6, 6.07) is 4.67. The zero-order chi connectivity index (χ0) is 14.4. The van der Waals surface area contributed by atoms with Gasteiger partial charge in [0.25, 0.3) is 6.43 Å². The Bertz CT molecular complexity index is 437. The highest BCUT2D eigenvalue weighted by Crippen LogP contribution is 2.23. The Morgan fingerprint density at radius 3 is 2.74 bits per heavy atom. The number of alkyl halides is 2. The van der Waals surface area contributed by atoms with Gasteiger partial charge in [-0.15, -0.1) is 0 Å². The summed E-state index contributed by atoms with van der Waals surface area (Å²) in [5, 5.41) is 2.64. The van der Waals surface area contributed by atoms with E-state index in [1.165, 1.54) is 6.07 Å². The van der Waals surface area contributed by atoms with Crippen LogP contribution in [0.3, 0.4) is 0 Å². The maximum absolute atomic E-state index is 12.1. The van der Waals surface area contributed by atoms with Gasteiger partial charge in [-0.3, -0.25) is 4.79 Å². The van der Waals surface area contributed by atoms with Gasteiger partial charge in [0.1, 0.15) is 12.4 Å². The van der Waals surface area contributed by atoms with E-state index >= 15 is 0 Å². The number of amides is 1. The zero-order valence-corrected chi connectivity index (χ0v) is 11.0. The number of rotatable bonds is 6. The van der Waals surface area contributed by atoms with Gasteiger partial charge in [0.2, 0.25) is 5.91 Å². The maximum atomic E-state index is 12.1. The zero-order valence-electron chi connectivity index (χ0n) is 11.0. The Labute approximate surface area is 110 Å². The number of aryl methyl sites for hydroxylation is 1. The number of ether oxygens (including phenoxy) is 1. The van der Waals surface area contributed by atoms with E-state index in [-0.39, 0.29) is 18.4 Å². The van der Waals surface area contributed by atoms with Gasteiger partial charge in [0, 0.05) is 24.2 Å². The number of hydrogen-bond donors (Lipinski definition) is 2. The van der Waals surface area contributed by atoms with Gasteiger partial charge in [-0.05, 0) is 25.5 Å². The van der Waals surface area contributed by atoms with Crippen LogP contribution in [0.1, 0.15) is 18.9 Å². The molecule has 0 aliphatic carbocycles. The number of halogens is 2. The molecule has 0 spiro atoms. The fourth-order valence-corrected chi connectivity index (χ4v) is 1.49. The third-order valence-corrected chi connectivity index (χ3v) is 2.34. The van der Waals surface area contributed by atoms with E-state index in [2.05, 4.69) is 5.32 Å². The number of anilines is 1. The average Bonchev–Trinajstić information content (AvgIpc) is 2.28. The fourth-order valence-electron chi connectivity index (χ4n) is 1.49. The molecule has 1 aromatic carbocycles. The molecule has 0 saturated heterocycles. The van der Waals surface area contributed by atoms with E-state index in [4.69, 9.17) is 10.5 Å². The monoisotopic (exact) mass is 272 g/mol. The first-order valence-electron chi connectivity index (χ1n) is 5.95. The van der Waals surface area contributed by atoms with Crippen LogP contribution in [0.2, 0.25) is 0 Å². The maximum Gasteiger partial charge on any atom is 0.272 e. The summed E-state index contributed by atoms with van der Waals surface area (Å²) >= 11 is 0. The highest BCUT2D eigenvalue weighted by Gasteiger charge is 2.09. The second kappa shape index (κ2) is 7.04. The Balaban J connectivity index is 2.70. The van der Waals surface area contributed by atoms with Gasteiger partial charge in [0.15, 0.2) is 0 Å². The molecule has 0 aliphatic heterocycles. The summed E-state index contributed by atoms with van der Waals surface area (Å²) in [5.41, 5.74) is 6.74. The molecule has 0 aliphatic rings. The molecule has 1 aromatic rings. The number of nitrogens with one attached hydrogen (secondary N) is 1. The van der Waals surface area contributed by atoms with Crippen molar-refractivity contribution in [2.45, 2.75) is 32.7 Å². The van der Waals surface area contributed by atoms with E-state index in [9.17, 15) is 13.6 Å². The highest BCUT2D eigenvalue weighted by atomic mass is 19.3. The molecule has 0 radical (unpaired) electrons.